The van der Waals surface area contributed by atoms with Gasteiger partial charge >= 0.3 is 0 Å². The quantitative estimate of drug-likeness (QED) is 0.905. The third-order valence-electron chi connectivity index (χ3n) is 3.58. The molecule has 1 fully saturated rings. The summed E-state index contributed by atoms with van der Waals surface area (Å²) in [5.41, 5.74) is 1.98. The third-order valence-corrected chi connectivity index (χ3v) is 4.61. The van der Waals surface area contributed by atoms with Crippen molar-refractivity contribution in [1.29, 1.82) is 0 Å². The van der Waals surface area contributed by atoms with Crippen LogP contribution >= 0.6 is 15.9 Å². The highest BCUT2D eigenvalue weighted by Gasteiger charge is 2.33. The molecule has 2 rings (SSSR count). The molecule has 1 aromatic rings. The Morgan fingerprint density at radius 1 is 1.50 bits per heavy atom. The summed E-state index contributed by atoms with van der Waals surface area (Å²) in [6.45, 7) is 11.6. The maximum Gasteiger partial charge on any atom is 0.0940 e. The largest absolute Gasteiger partial charge is 0.394 e. The van der Waals surface area contributed by atoms with E-state index in [9.17, 15) is 5.11 Å². The molecule has 0 saturated carbocycles. The Morgan fingerprint density at radius 3 is 2.80 bits per heavy atom. The molecule has 6 heteroatoms. The third kappa shape index (κ3) is 3.42. The Labute approximate surface area is 129 Å². The van der Waals surface area contributed by atoms with Crippen molar-refractivity contribution in [2.24, 2.45) is 0 Å². The van der Waals surface area contributed by atoms with E-state index >= 15 is 0 Å². The summed E-state index contributed by atoms with van der Waals surface area (Å²) in [5.74, 6) is 0. The van der Waals surface area contributed by atoms with Crippen LogP contribution in [0.4, 0.5) is 0 Å². The van der Waals surface area contributed by atoms with Crippen LogP contribution in [0.3, 0.4) is 0 Å². The van der Waals surface area contributed by atoms with E-state index in [1.54, 1.807) is 0 Å². The molecular weight excluding hydrogens is 322 g/mol. The summed E-state index contributed by atoms with van der Waals surface area (Å²) < 4.78 is 8.98. The van der Waals surface area contributed by atoms with Crippen LogP contribution in [0.5, 0.6) is 0 Å². The van der Waals surface area contributed by atoms with Gasteiger partial charge in [-0.05, 0) is 43.6 Å². The Kier molecular flexibility index (Phi) is 4.89. The first-order chi connectivity index (χ1) is 9.36. The van der Waals surface area contributed by atoms with Gasteiger partial charge in [0.1, 0.15) is 0 Å². The van der Waals surface area contributed by atoms with Crippen LogP contribution in [0.1, 0.15) is 32.2 Å². The number of rotatable bonds is 4. The maximum atomic E-state index is 9.39. The number of halogens is 1. The molecule has 1 aromatic heterocycles. The van der Waals surface area contributed by atoms with Crippen molar-refractivity contribution in [3.8, 4) is 0 Å². The fraction of sp³-hybridized carbons (Fsp3) is 0.786. The topological polar surface area (TPSA) is 50.5 Å². The average Bonchev–Trinajstić information content (AvgIpc) is 2.64. The molecule has 0 amide bonds. The molecule has 114 valence electrons. The molecule has 0 bridgehead atoms. The Morgan fingerprint density at radius 2 is 2.20 bits per heavy atom. The molecule has 1 aliphatic rings. The number of nitrogens with zero attached hydrogens (tertiary/aromatic N) is 3. The molecule has 1 atom stereocenters. The molecule has 0 aliphatic carbocycles. The van der Waals surface area contributed by atoms with Gasteiger partial charge in [0.15, 0.2) is 0 Å². The number of ether oxygens (including phenoxy) is 1. The van der Waals surface area contributed by atoms with Crippen LogP contribution in [0.15, 0.2) is 4.47 Å². The summed E-state index contributed by atoms with van der Waals surface area (Å²) >= 11 is 3.64. The van der Waals surface area contributed by atoms with Crippen molar-refractivity contribution >= 4 is 15.9 Å². The number of aliphatic hydroxyl groups excluding tert-OH is 1. The lowest BCUT2D eigenvalue weighted by Crippen LogP contribution is -2.53. The van der Waals surface area contributed by atoms with Gasteiger partial charge in [-0.15, -0.1) is 0 Å². The van der Waals surface area contributed by atoms with Gasteiger partial charge < -0.3 is 9.84 Å². The highest BCUT2D eigenvalue weighted by atomic mass is 79.9. The van der Waals surface area contributed by atoms with Crippen LogP contribution in [-0.4, -0.2) is 51.2 Å². The zero-order valence-electron chi connectivity index (χ0n) is 12.7. The molecule has 0 aromatic carbocycles. The Balaban J connectivity index is 2.17. The second-order valence-electron chi connectivity index (χ2n) is 6.01. The van der Waals surface area contributed by atoms with Crippen molar-refractivity contribution < 1.29 is 9.84 Å². The smallest absolute Gasteiger partial charge is 0.0940 e. The summed E-state index contributed by atoms with van der Waals surface area (Å²) in [5, 5.41) is 13.9. The van der Waals surface area contributed by atoms with Crippen molar-refractivity contribution in [1.82, 2.24) is 14.7 Å². The Bertz CT molecular complexity index is 473. The van der Waals surface area contributed by atoms with Gasteiger partial charge in [0.25, 0.3) is 0 Å². The summed E-state index contributed by atoms with van der Waals surface area (Å²) in [7, 11) is 0. The molecule has 5 nitrogen and oxygen atoms in total. The standard InChI is InChI=1S/C14H24BrN3O2/c1-5-18-12(13(15)10(2)16-18)7-17-6-11(8-19)20-14(3,4)9-17/h11,19H,5-9H2,1-4H3. The molecule has 1 saturated heterocycles. The zero-order valence-corrected chi connectivity index (χ0v) is 14.3. The molecule has 1 unspecified atom stereocenters. The average molecular weight is 346 g/mol. The number of morpholine rings is 1. The van der Waals surface area contributed by atoms with E-state index in [0.29, 0.717) is 0 Å². The number of aryl methyl sites for hydroxylation is 2. The molecule has 0 spiro atoms. The van der Waals surface area contributed by atoms with Crippen molar-refractivity contribution in [3.63, 3.8) is 0 Å². The van der Waals surface area contributed by atoms with Crippen LogP contribution in [-0.2, 0) is 17.8 Å². The second kappa shape index (κ2) is 6.13. The summed E-state index contributed by atoms with van der Waals surface area (Å²) in [4.78, 5) is 2.33. The number of hydrogen-bond acceptors (Lipinski definition) is 4. The van der Waals surface area contributed by atoms with Gasteiger partial charge in [-0.3, -0.25) is 9.58 Å². The Hall–Kier alpha value is -0.430. The lowest BCUT2D eigenvalue weighted by atomic mass is 10.1. The molecular formula is C14H24BrN3O2. The van der Waals surface area contributed by atoms with Gasteiger partial charge in [0.2, 0.25) is 0 Å². The minimum atomic E-state index is -0.232. The SMILES string of the molecule is CCn1nc(C)c(Br)c1CN1CC(CO)OC(C)(C)C1. The predicted molar refractivity (Wildman–Crippen MR) is 81.7 cm³/mol. The lowest BCUT2D eigenvalue weighted by Gasteiger charge is -2.42. The second-order valence-corrected chi connectivity index (χ2v) is 6.81. The van der Waals surface area contributed by atoms with Gasteiger partial charge in [0.05, 0.1) is 34.2 Å². The monoisotopic (exact) mass is 345 g/mol. The van der Waals surface area contributed by atoms with Gasteiger partial charge in [0, 0.05) is 26.2 Å². The number of hydrogen-bond donors (Lipinski definition) is 1. The molecule has 20 heavy (non-hydrogen) atoms. The first kappa shape index (κ1) is 15.9. The lowest BCUT2D eigenvalue weighted by molar-refractivity contribution is -0.151. The molecule has 1 N–H and O–H groups in total. The van der Waals surface area contributed by atoms with Crippen molar-refractivity contribution in [2.75, 3.05) is 19.7 Å². The molecule has 0 radical (unpaired) electrons. The van der Waals surface area contributed by atoms with E-state index in [1.165, 1.54) is 5.69 Å². The van der Waals surface area contributed by atoms with E-state index in [-0.39, 0.29) is 18.3 Å². The highest BCUT2D eigenvalue weighted by Crippen LogP contribution is 2.26. The van der Waals surface area contributed by atoms with E-state index in [0.717, 1.165) is 36.3 Å². The van der Waals surface area contributed by atoms with Crippen LogP contribution < -0.4 is 0 Å². The number of aliphatic hydroxyl groups is 1. The van der Waals surface area contributed by atoms with E-state index < -0.39 is 0 Å². The first-order valence-corrected chi connectivity index (χ1v) is 7.88. The molecule has 1 aliphatic heterocycles. The fourth-order valence-electron chi connectivity index (χ4n) is 2.86. The number of aromatic nitrogens is 2. The first-order valence-electron chi connectivity index (χ1n) is 7.09. The van der Waals surface area contributed by atoms with Crippen molar-refractivity contribution in [3.05, 3.63) is 15.9 Å². The van der Waals surface area contributed by atoms with Crippen molar-refractivity contribution in [2.45, 2.75) is 52.5 Å². The molecule has 2 heterocycles. The van der Waals surface area contributed by atoms with E-state index in [4.69, 9.17) is 4.74 Å². The van der Waals surface area contributed by atoms with Gasteiger partial charge in [-0.1, -0.05) is 0 Å². The minimum Gasteiger partial charge on any atom is -0.394 e. The van der Waals surface area contributed by atoms with Gasteiger partial charge in [-0.25, -0.2) is 0 Å². The maximum absolute atomic E-state index is 9.39. The van der Waals surface area contributed by atoms with Crippen LogP contribution in [0, 0.1) is 6.92 Å². The highest BCUT2D eigenvalue weighted by molar-refractivity contribution is 9.10. The van der Waals surface area contributed by atoms with Gasteiger partial charge in [-0.2, -0.15) is 5.10 Å². The summed E-state index contributed by atoms with van der Waals surface area (Å²) in [6.07, 6.45) is -0.114. The van der Waals surface area contributed by atoms with Crippen LogP contribution in [0.25, 0.3) is 0 Å². The van der Waals surface area contributed by atoms with E-state index in [1.807, 2.05) is 11.6 Å². The normalized spacial score (nSPS) is 23.2. The summed E-state index contributed by atoms with van der Waals surface area (Å²) in [6, 6.07) is 0. The van der Waals surface area contributed by atoms with Crippen LogP contribution in [0.2, 0.25) is 0 Å². The zero-order chi connectivity index (χ0) is 14.9. The minimum absolute atomic E-state index is 0.0627. The predicted octanol–water partition coefficient (Wildman–Crippen LogP) is 1.95. The van der Waals surface area contributed by atoms with E-state index in [2.05, 4.69) is 46.7 Å². The fourth-order valence-corrected chi connectivity index (χ4v) is 3.27.